The molecule has 7 nitrogen and oxygen atoms in total. The fourth-order valence-corrected chi connectivity index (χ4v) is 28.7. The third-order valence-corrected chi connectivity index (χ3v) is 34.9. The van der Waals surface area contributed by atoms with E-state index in [0.717, 1.165) is 23.0 Å². The SMILES string of the molecule is COCc1ccc([S+](c2ccc(COC)cc2)c2ccc(COC)cc2)cc1.COc1cccc([S+](c2cccc(OC)c2)c2cccc(OC)c2)c1.COc1cccc([S+](c2ccccc2C)c2ccccc2C)c1.Cc1cc(C)c([S+](c2c(C)cc(C)cc2C)c2c(C)cc(C)cc2C)c(C)c1.Cc1cc(C)c([S+](c2ccccc2C)c2ccccc2C)c(C)c1. The van der Waals surface area contributed by atoms with E-state index in [2.05, 4.69) is 384 Å². The van der Waals surface area contributed by atoms with Crippen LogP contribution in [0.15, 0.2) is 389 Å². The Labute approximate surface area is 779 Å². The van der Waals surface area contributed by atoms with Gasteiger partial charge in [-0.2, -0.15) is 0 Å². The standard InChI is InChI=1S/C27H33S.C24H27O3S.C23H25S.C21H21O3S.C21H21OS/c1-16-10-19(4)25(20(5)11-16)28(26-21(6)12-17(2)13-22(26)7)27-23(8)14-18(3)15-24(27)9;1-25-16-19-4-10-22(11-5-19)28(23-12-6-20(7-13-23)17-26-2)24-14-8-21(9-15-24)18-27-3;1-16-14-19(4)23(20(5)15-16)24(21-12-8-6-10-17(21)2)22-13-9-7-11-18(22)3;1-22-16-7-4-10-19(13-16)25(20-11-5-8-17(14-20)23-2)21-12-6-9-18(15-21)24-3;1-16-9-4-6-13-20(16)23(21-14-7-5-10-17(21)2)19-12-8-11-18(15-19)22-3/h10-15H,1-9H3;4-15H,16-18H2,1-3H3;6-15H,1-5H3;4-15H,1-3H3;4-15H,1-3H3/q5*+1. The van der Waals surface area contributed by atoms with E-state index in [1.54, 1.807) is 49.8 Å². The Balaban J connectivity index is 0.000000155. The average molecular weight is 1790 g/mol. The Bertz CT molecular complexity index is 5630. The van der Waals surface area contributed by atoms with Gasteiger partial charge in [0.05, 0.1) is 80.9 Å². The zero-order valence-electron chi connectivity index (χ0n) is 79.0. The number of aryl methyl sites for hydroxylation is 16. The van der Waals surface area contributed by atoms with Gasteiger partial charge in [0.1, 0.15) is 44.8 Å². The van der Waals surface area contributed by atoms with E-state index in [9.17, 15) is 0 Å². The molecule has 658 valence electrons. The second-order valence-electron chi connectivity index (χ2n) is 32.5. The third kappa shape index (κ3) is 25.2. The molecule has 0 aromatic heterocycles. The van der Waals surface area contributed by atoms with Crippen LogP contribution in [0.1, 0.15) is 106 Å². The summed E-state index contributed by atoms with van der Waals surface area (Å²) in [6, 6.07) is 113. The van der Waals surface area contributed by atoms with Crippen LogP contribution in [0.5, 0.6) is 23.0 Å². The van der Waals surface area contributed by atoms with E-state index < -0.39 is 0 Å². The van der Waals surface area contributed by atoms with Gasteiger partial charge in [-0.1, -0.05) is 204 Å². The van der Waals surface area contributed by atoms with Gasteiger partial charge in [0.15, 0.2) is 73.4 Å². The molecule has 0 saturated carbocycles. The van der Waals surface area contributed by atoms with E-state index in [4.69, 9.17) is 33.2 Å². The second-order valence-corrected chi connectivity index (χ2v) is 42.2. The zero-order chi connectivity index (χ0) is 91.7. The number of ether oxygens (including phenoxy) is 7. The maximum absolute atomic E-state index is 5.44. The van der Waals surface area contributed by atoms with E-state index in [-0.39, 0.29) is 54.5 Å². The van der Waals surface area contributed by atoms with E-state index >= 15 is 0 Å². The molecule has 0 fully saturated rings. The van der Waals surface area contributed by atoms with Crippen LogP contribution in [-0.2, 0) is 88.5 Å². The molecule has 0 unspecified atom stereocenters. The summed E-state index contributed by atoms with van der Waals surface area (Å²) in [4.78, 5) is 20.3. The molecule has 15 aromatic rings. The summed E-state index contributed by atoms with van der Waals surface area (Å²) in [6.45, 7) is 37.7. The molecule has 15 aromatic carbocycles. The highest BCUT2D eigenvalue weighted by Crippen LogP contribution is 2.45. The summed E-state index contributed by atoms with van der Waals surface area (Å²) in [5.74, 6) is 3.45. The summed E-state index contributed by atoms with van der Waals surface area (Å²) in [7, 11) is 11.2. The molecule has 0 aliphatic rings. The van der Waals surface area contributed by atoms with Crippen molar-refractivity contribution in [3.05, 3.63) is 421 Å². The topological polar surface area (TPSA) is 64.6 Å². The first-order chi connectivity index (χ1) is 61.8. The minimum absolute atomic E-state index is 0.0692. The van der Waals surface area contributed by atoms with Crippen molar-refractivity contribution in [2.75, 3.05) is 49.8 Å². The summed E-state index contributed by atoms with van der Waals surface area (Å²) in [5, 5.41) is 0. The summed E-state index contributed by atoms with van der Waals surface area (Å²) < 4.78 is 37.5. The molecule has 0 spiro atoms. The van der Waals surface area contributed by atoms with Crippen molar-refractivity contribution >= 4 is 54.5 Å². The maximum Gasteiger partial charge on any atom is 0.172 e. The van der Waals surface area contributed by atoms with Gasteiger partial charge < -0.3 is 33.2 Å². The minimum Gasteiger partial charge on any atom is -0.497 e. The maximum atomic E-state index is 5.44. The Morgan fingerprint density at radius 2 is 0.375 bits per heavy atom. The highest BCUT2D eigenvalue weighted by atomic mass is 32.2. The van der Waals surface area contributed by atoms with Gasteiger partial charge in [-0.3, -0.25) is 0 Å². The molecular weight excluding hydrogens is 1670 g/mol. The molecule has 0 aliphatic carbocycles. The molecule has 0 amide bonds. The molecule has 128 heavy (non-hydrogen) atoms. The van der Waals surface area contributed by atoms with Gasteiger partial charge in [-0.25, -0.2) is 0 Å². The van der Waals surface area contributed by atoms with Crippen LogP contribution in [0.2, 0.25) is 0 Å². The first kappa shape index (κ1) is 97.7. The van der Waals surface area contributed by atoms with Crippen molar-refractivity contribution in [2.45, 2.75) is 204 Å². The molecule has 15 rings (SSSR count). The van der Waals surface area contributed by atoms with Gasteiger partial charge in [0.2, 0.25) is 0 Å². The largest absolute Gasteiger partial charge is 0.497 e. The lowest BCUT2D eigenvalue weighted by Gasteiger charge is -2.20. The number of benzene rings is 15. The van der Waals surface area contributed by atoms with Crippen molar-refractivity contribution in [2.24, 2.45) is 0 Å². The lowest BCUT2D eigenvalue weighted by Crippen LogP contribution is -2.15. The minimum atomic E-state index is -0.290. The van der Waals surface area contributed by atoms with Crippen molar-refractivity contribution < 1.29 is 33.2 Å². The van der Waals surface area contributed by atoms with Crippen LogP contribution in [0.4, 0.5) is 0 Å². The van der Waals surface area contributed by atoms with Gasteiger partial charge in [-0.05, 0) is 237 Å². The average Bonchev–Trinajstić information content (AvgIpc) is 0.750. The summed E-state index contributed by atoms with van der Waals surface area (Å²) >= 11 is 0. The van der Waals surface area contributed by atoms with Crippen molar-refractivity contribution in [1.29, 1.82) is 0 Å². The van der Waals surface area contributed by atoms with Crippen LogP contribution in [0.3, 0.4) is 0 Å². The molecule has 0 heterocycles. The number of methoxy groups -OCH3 is 7. The van der Waals surface area contributed by atoms with E-state index in [0.29, 0.717) is 19.8 Å². The van der Waals surface area contributed by atoms with Crippen LogP contribution >= 0.6 is 0 Å². The quantitative estimate of drug-likeness (QED) is 0.0528. The zero-order valence-corrected chi connectivity index (χ0v) is 83.1. The van der Waals surface area contributed by atoms with Crippen LogP contribution in [-0.4, -0.2) is 49.8 Å². The normalized spacial score (nSPS) is 11.0. The second kappa shape index (κ2) is 47.4. The van der Waals surface area contributed by atoms with Gasteiger partial charge in [0.25, 0.3) is 0 Å². The first-order valence-corrected chi connectivity index (χ1v) is 49.5. The van der Waals surface area contributed by atoms with Gasteiger partial charge in [-0.15, -0.1) is 0 Å². The number of hydrogen-bond donors (Lipinski definition) is 0. The van der Waals surface area contributed by atoms with Crippen molar-refractivity contribution in [3.8, 4) is 23.0 Å². The first-order valence-electron chi connectivity index (χ1n) is 43.3. The molecule has 0 N–H and O–H groups in total. The Hall–Kier alpha value is -10.9. The van der Waals surface area contributed by atoms with Crippen LogP contribution in [0, 0.1) is 111 Å². The van der Waals surface area contributed by atoms with Crippen LogP contribution < -0.4 is 18.9 Å². The third-order valence-electron chi connectivity index (χ3n) is 22.0. The van der Waals surface area contributed by atoms with Crippen molar-refractivity contribution in [3.63, 3.8) is 0 Å². The van der Waals surface area contributed by atoms with Gasteiger partial charge >= 0.3 is 0 Å². The Morgan fingerprint density at radius 3 is 0.594 bits per heavy atom. The summed E-state index contributed by atoms with van der Waals surface area (Å²) in [5.41, 5.74) is 25.5. The van der Waals surface area contributed by atoms with E-state index in [1.165, 1.54) is 179 Å². The van der Waals surface area contributed by atoms with Crippen molar-refractivity contribution in [1.82, 2.24) is 0 Å². The molecule has 0 saturated heterocycles. The lowest BCUT2D eigenvalue weighted by atomic mass is 10.1. The molecular formula is C116H127O7S5+5. The predicted molar refractivity (Wildman–Crippen MR) is 542 cm³/mol. The number of hydrogen-bond acceptors (Lipinski definition) is 7. The molecule has 0 aliphatic heterocycles. The Kier molecular flexibility index (Phi) is 36.2. The monoisotopic (exact) mass is 1790 g/mol. The Morgan fingerprint density at radius 1 is 0.172 bits per heavy atom. The number of rotatable bonds is 25. The van der Waals surface area contributed by atoms with Gasteiger partial charge in [0, 0.05) is 112 Å². The predicted octanol–water partition coefficient (Wildman–Crippen LogP) is 29.3. The summed E-state index contributed by atoms with van der Waals surface area (Å²) in [6.07, 6.45) is 0. The highest BCUT2D eigenvalue weighted by Gasteiger charge is 2.40. The highest BCUT2D eigenvalue weighted by molar-refractivity contribution is 7.98. The van der Waals surface area contributed by atoms with Crippen LogP contribution in [0.25, 0.3) is 0 Å². The lowest BCUT2D eigenvalue weighted by molar-refractivity contribution is 0.185. The smallest absolute Gasteiger partial charge is 0.172 e. The molecule has 0 bridgehead atoms. The molecule has 12 heteroatoms. The fraction of sp³-hybridized carbons (Fsp3) is 0.224. The van der Waals surface area contributed by atoms with E-state index in [1.807, 2.05) is 42.5 Å². The fourth-order valence-electron chi connectivity index (χ4n) is 16.5. The molecule has 0 radical (unpaired) electrons. The molecule has 0 atom stereocenters.